The van der Waals surface area contributed by atoms with Crippen LogP contribution < -0.4 is 14.2 Å². The van der Waals surface area contributed by atoms with Crippen LogP contribution in [0, 0.1) is 0 Å². The molecule has 0 N–H and O–H groups in total. The van der Waals surface area contributed by atoms with Gasteiger partial charge in [0.2, 0.25) is 0 Å². The van der Waals surface area contributed by atoms with Crippen molar-refractivity contribution in [1.29, 1.82) is 0 Å². The molecule has 0 bridgehead atoms. The van der Waals surface area contributed by atoms with Gasteiger partial charge in [-0.2, -0.15) is 0 Å². The maximum Gasteiger partial charge on any atom is 0.343 e. The van der Waals surface area contributed by atoms with Crippen molar-refractivity contribution >= 4 is 12.3 Å². The molecule has 0 aliphatic rings. The lowest BCUT2D eigenvalue weighted by molar-refractivity contribution is 0.0728. The van der Waals surface area contributed by atoms with Gasteiger partial charge in [-0.25, -0.2) is 4.79 Å². The predicted octanol–water partition coefficient (Wildman–Crippen LogP) is 3.52. The van der Waals surface area contributed by atoms with Crippen molar-refractivity contribution in [1.82, 2.24) is 0 Å². The van der Waals surface area contributed by atoms with Gasteiger partial charge in [-0.15, -0.1) is 0 Å². The molecular weight excluding hydrogens is 296 g/mol. The fraction of sp³-hybridized carbons (Fsp3) is 0.222. The summed E-state index contributed by atoms with van der Waals surface area (Å²) in [6, 6.07) is 11.5. The average Bonchev–Trinajstić information content (AvgIpc) is 2.60. The molecule has 0 fully saturated rings. The maximum atomic E-state index is 12.2. The highest BCUT2D eigenvalue weighted by Crippen LogP contribution is 2.30. The Labute approximate surface area is 134 Å². The third-order valence-corrected chi connectivity index (χ3v) is 3.11. The van der Waals surface area contributed by atoms with E-state index in [9.17, 15) is 9.59 Å². The molecule has 0 aromatic heterocycles. The summed E-state index contributed by atoms with van der Waals surface area (Å²) in [6.07, 6.45) is 1.53. The largest absolute Gasteiger partial charge is 0.494 e. The SMILES string of the molecule is CCCOc1ccc(C(=O)Oc2c(C=O)cccc2OC)cc1. The van der Waals surface area contributed by atoms with Gasteiger partial charge in [0, 0.05) is 0 Å². The third kappa shape index (κ3) is 4.10. The van der Waals surface area contributed by atoms with Gasteiger partial charge >= 0.3 is 5.97 Å². The fourth-order valence-electron chi connectivity index (χ4n) is 1.95. The first-order chi connectivity index (χ1) is 11.2. The van der Waals surface area contributed by atoms with E-state index in [2.05, 4.69) is 0 Å². The topological polar surface area (TPSA) is 61.8 Å². The molecule has 0 radical (unpaired) electrons. The van der Waals surface area contributed by atoms with Crippen molar-refractivity contribution < 1.29 is 23.8 Å². The lowest BCUT2D eigenvalue weighted by atomic mass is 10.2. The minimum Gasteiger partial charge on any atom is -0.494 e. The second kappa shape index (κ2) is 7.98. The van der Waals surface area contributed by atoms with Gasteiger partial charge in [-0.05, 0) is 42.8 Å². The van der Waals surface area contributed by atoms with E-state index in [-0.39, 0.29) is 11.3 Å². The van der Waals surface area contributed by atoms with Crippen LogP contribution in [0.4, 0.5) is 0 Å². The van der Waals surface area contributed by atoms with E-state index in [0.717, 1.165) is 6.42 Å². The molecule has 5 nitrogen and oxygen atoms in total. The summed E-state index contributed by atoms with van der Waals surface area (Å²) in [7, 11) is 1.45. The fourth-order valence-corrected chi connectivity index (χ4v) is 1.95. The first kappa shape index (κ1) is 16.5. The second-order valence-electron chi connectivity index (χ2n) is 4.76. The Morgan fingerprint density at radius 2 is 1.87 bits per heavy atom. The molecule has 0 aliphatic carbocycles. The molecule has 0 atom stereocenters. The summed E-state index contributed by atoms with van der Waals surface area (Å²) >= 11 is 0. The number of carbonyl (C=O) groups is 2. The van der Waals surface area contributed by atoms with Crippen LogP contribution in [0.15, 0.2) is 42.5 Å². The van der Waals surface area contributed by atoms with Crippen molar-refractivity contribution in [2.24, 2.45) is 0 Å². The van der Waals surface area contributed by atoms with Crippen LogP contribution in [0.1, 0.15) is 34.1 Å². The summed E-state index contributed by atoms with van der Waals surface area (Å²) in [6.45, 7) is 2.64. The molecular formula is C18H18O5. The quantitative estimate of drug-likeness (QED) is 0.444. The predicted molar refractivity (Wildman–Crippen MR) is 85.6 cm³/mol. The molecule has 0 aliphatic heterocycles. The molecule has 23 heavy (non-hydrogen) atoms. The Balaban J connectivity index is 2.17. The van der Waals surface area contributed by atoms with E-state index in [0.29, 0.717) is 30.0 Å². The van der Waals surface area contributed by atoms with Crippen LogP contribution in [0.3, 0.4) is 0 Å². The second-order valence-corrected chi connectivity index (χ2v) is 4.76. The number of aldehydes is 1. The highest BCUT2D eigenvalue weighted by molar-refractivity contribution is 5.93. The summed E-state index contributed by atoms with van der Waals surface area (Å²) in [4.78, 5) is 23.3. The number of para-hydroxylation sites is 1. The van der Waals surface area contributed by atoms with E-state index in [1.165, 1.54) is 7.11 Å². The molecule has 0 saturated carbocycles. The summed E-state index contributed by atoms with van der Waals surface area (Å²) < 4.78 is 15.9. The molecule has 0 unspecified atom stereocenters. The van der Waals surface area contributed by atoms with Crippen LogP contribution in [0.5, 0.6) is 17.2 Å². The van der Waals surface area contributed by atoms with Gasteiger partial charge in [0.1, 0.15) is 5.75 Å². The average molecular weight is 314 g/mol. The standard InChI is InChI=1S/C18H18O5/c1-3-11-22-15-9-7-13(8-10-15)18(20)23-17-14(12-19)5-4-6-16(17)21-2/h4-10,12H,3,11H2,1-2H3. The van der Waals surface area contributed by atoms with Crippen LogP contribution >= 0.6 is 0 Å². The minimum atomic E-state index is -0.570. The van der Waals surface area contributed by atoms with Crippen molar-refractivity contribution in [2.45, 2.75) is 13.3 Å². The molecule has 2 aromatic rings. The number of benzene rings is 2. The van der Waals surface area contributed by atoms with E-state index < -0.39 is 5.97 Å². The maximum absolute atomic E-state index is 12.2. The Morgan fingerprint density at radius 1 is 1.13 bits per heavy atom. The third-order valence-electron chi connectivity index (χ3n) is 3.11. The van der Waals surface area contributed by atoms with Gasteiger partial charge in [0.25, 0.3) is 0 Å². The Kier molecular flexibility index (Phi) is 5.74. The smallest absolute Gasteiger partial charge is 0.343 e. The van der Waals surface area contributed by atoms with Gasteiger partial charge < -0.3 is 14.2 Å². The van der Waals surface area contributed by atoms with E-state index in [4.69, 9.17) is 14.2 Å². The van der Waals surface area contributed by atoms with Gasteiger partial charge in [0.15, 0.2) is 17.8 Å². The summed E-state index contributed by atoms with van der Waals surface area (Å²) in [5.74, 6) is 0.557. The molecule has 0 amide bonds. The number of esters is 1. The zero-order valence-electron chi connectivity index (χ0n) is 13.1. The van der Waals surface area contributed by atoms with Crippen molar-refractivity contribution in [2.75, 3.05) is 13.7 Å². The number of rotatable bonds is 7. The number of hydrogen-bond acceptors (Lipinski definition) is 5. The molecule has 0 spiro atoms. The first-order valence-corrected chi connectivity index (χ1v) is 7.26. The van der Waals surface area contributed by atoms with Gasteiger partial charge in [-0.3, -0.25) is 4.79 Å². The van der Waals surface area contributed by atoms with Crippen molar-refractivity contribution in [3.63, 3.8) is 0 Å². The first-order valence-electron chi connectivity index (χ1n) is 7.26. The van der Waals surface area contributed by atoms with Crippen LogP contribution in [0.25, 0.3) is 0 Å². The zero-order chi connectivity index (χ0) is 16.7. The summed E-state index contributed by atoms with van der Waals surface area (Å²) in [5, 5.41) is 0. The monoisotopic (exact) mass is 314 g/mol. The number of ether oxygens (including phenoxy) is 3. The van der Waals surface area contributed by atoms with Gasteiger partial charge in [-0.1, -0.05) is 13.0 Å². The number of methoxy groups -OCH3 is 1. The minimum absolute atomic E-state index is 0.112. The number of carbonyl (C=O) groups excluding carboxylic acids is 2. The lowest BCUT2D eigenvalue weighted by Gasteiger charge is -2.11. The zero-order valence-corrected chi connectivity index (χ0v) is 13.1. The highest BCUT2D eigenvalue weighted by Gasteiger charge is 2.16. The number of hydrogen-bond donors (Lipinski definition) is 0. The van der Waals surface area contributed by atoms with Crippen LogP contribution in [0.2, 0.25) is 0 Å². The van der Waals surface area contributed by atoms with Crippen LogP contribution in [-0.4, -0.2) is 26.0 Å². The molecule has 2 aromatic carbocycles. The molecule has 120 valence electrons. The van der Waals surface area contributed by atoms with E-state index >= 15 is 0 Å². The molecule has 0 heterocycles. The lowest BCUT2D eigenvalue weighted by Crippen LogP contribution is -2.10. The Bertz CT molecular complexity index is 676. The molecule has 0 saturated heterocycles. The van der Waals surface area contributed by atoms with Crippen molar-refractivity contribution in [3.8, 4) is 17.2 Å². The Morgan fingerprint density at radius 3 is 2.48 bits per heavy atom. The van der Waals surface area contributed by atoms with Crippen LogP contribution in [-0.2, 0) is 0 Å². The molecule has 5 heteroatoms. The Hall–Kier alpha value is -2.82. The van der Waals surface area contributed by atoms with E-state index in [1.54, 1.807) is 42.5 Å². The van der Waals surface area contributed by atoms with Gasteiger partial charge in [0.05, 0.1) is 24.8 Å². The normalized spacial score (nSPS) is 10.0. The van der Waals surface area contributed by atoms with E-state index in [1.807, 2.05) is 6.92 Å². The highest BCUT2D eigenvalue weighted by atomic mass is 16.6. The summed E-state index contributed by atoms with van der Waals surface area (Å²) in [5.41, 5.74) is 0.609. The van der Waals surface area contributed by atoms with Crippen molar-refractivity contribution in [3.05, 3.63) is 53.6 Å². The molecule has 2 rings (SSSR count).